The lowest BCUT2D eigenvalue weighted by Crippen LogP contribution is -2.38. The molecule has 0 spiro atoms. The first kappa shape index (κ1) is 22.1. The molecular formula is C24H36N4O3. The largest absolute Gasteiger partial charge is 0.371 e. The third-order valence-electron chi connectivity index (χ3n) is 7.23. The van der Waals surface area contributed by atoms with Gasteiger partial charge in [-0.2, -0.15) is 0 Å². The van der Waals surface area contributed by atoms with Crippen LogP contribution in [0.15, 0.2) is 18.2 Å². The standard InChI is InChI=1S/C24H36N4O3/c29-24(27-15-7-12-25(16-17-27)19-20-8-3-1-4-9-20)22-18-21(28(30)31)10-11-23(22)26-13-5-2-6-14-26/h10-11,18,20H,1-9,12-17,19H2. The topological polar surface area (TPSA) is 69.9 Å². The molecule has 7 heteroatoms. The molecule has 1 aromatic carbocycles. The van der Waals surface area contributed by atoms with Gasteiger partial charge in [0.05, 0.1) is 16.2 Å². The highest BCUT2D eigenvalue weighted by Gasteiger charge is 2.27. The van der Waals surface area contributed by atoms with E-state index in [-0.39, 0.29) is 11.6 Å². The van der Waals surface area contributed by atoms with Crippen molar-refractivity contribution in [3.05, 3.63) is 33.9 Å². The fourth-order valence-corrected chi connectivity index (χ4v) is 5.48. The number of carbonyl (C=O) groups is 1. The summed E-state index contributed by atoms with van der Waals surface area (Å²) in [6.45, 7) is 6.33. The lowest BCUT2D eigenvalue weighted by atomic mass is 9.89. The average Bonchev–Trinajstić information content (AvgIpc) is 3.05. The molecule has 4 rings (SSSR count). The van der Waals surface area contributed by atoms with Gasteiger partial charge < -0.3 is 14.7 Å². The van der Waals surface area contributed by atoms with Gasteiger partial charge in [-0.1, -0.05) is 19.3 Å². The summed E-state index contributed by atoms with van der Waals surface area (Å²) in [6, 6.07) is 4.82. The van der Waals surface area contributed by atoms with Crippen molar-refractivity contribution in [1.29, 1.82) is 0 Å². The number of nitro groups is 1. The van der Waals surface area contributed by atoms with Crippen LogP contribution in [0.1, 0.15) is 68.1 Å². The third-order valence-corrected chi connectivity index (χ3v) is 7.23. The Hall–Kier alpha value is -2.15. The van der Waals surface area contributed by atoms with Gasteiger partial charge in [0, 0.05) is 51.4 Å². The second-order valence-corrected chi connectivity index (χ2v) is 9.46. The molecule has 1 aromatic rings. The van der Waals surface area contributed by atoms with Crippen LogP contribution in [-0.4, -0.2) is 66.4 Å². The Balaban J connectivity index is 1.47. The molecule has 1 amide bonds. The number of benzene rings is 1. The van der Waals surface area contributed by atoms with Gasteiger partial charge in [-0.25, -0.2) is 0 Å². The maximum atomic E-state index is 13.5. The van der Waals surface area contributed by atoms with Gasteiger partial charge in [-0.3, -0.25) is 14.9 Å². The zero-order valence-corrected chi connectivity index (χ0v) is 18.6. The molecule has 1 aliphatic carbocycles. The number of rotatable bonds is 5. The van der Waals surface area contributed by atoms with Gasteiger partial charge in [0.1, 0.15) is 0 Å². The summed E-state index contributed by atoms with van der Waals surface area (Å²) in [4.78, 5) is 31.2. The van der Waals surface area contributed by atoms with E-state index in [1.54, 1.807) is 6.07 Å². The number of anilines is 1. The van der Waals surface area contributed by atoms with E-state index in [1.807, 2.05) is 4.90 Å². The van der Waals surface area contributed by atoms with Gasteiger partial charge >= 0.3 is 0 Å². The van der Waals surface area contributed by atoms with Crippen molar-refractivity contribution in [3.8, 4) is 0 Å². The Bertz CT molecular complexity index is 772. The third kappa shape index (κ3) is 5.56. The number of hydrogen-bond donors (Lipinski definition) is 0. The predicted molar refractivity (Wildman–Crippen MR) is 123 cm³/mol. The number of piperidine rings is 1. The van der Waals surface area contributed by atoms with Crippen LogP contribution < -0.4 is 4.90 Å². The van der Waals surface area contributed by atoms with Gasteiger partial charge in [0.2, 0.25) is 0 Å². The Morgan fingerprint density at radius 3 is 2.39 bits per heavy atom. The minimum atomic E-state index is -0.398. The van der Waals surface area contributed by atoms with E-state index in [9.17, 15) is 14.9 Å². The highest BCUT2D eigenvalue weighted by atomic mass is 16.6. The van der Waals surface area contributed by atoms with E-state index in [2.05, 4.69) is 9.80 Å². The van der Waals surface area contributed by atoms with Crippen LogP contribution >= 0.6 is 0 Å². The van der Waals surface area contributed by atoms with E-state index >= 15 is 0 Å². The van der Waals surface area contributed by atoms with E-state index in [0.29, 0.717) is 12.1 Å². The van der Waals surface area contributed by atoms with E-state index in [0.717, 1.165) is 70.1 Å². The summed E-state index contributed by atoms with van der Waals surface area (Å²) in [7, 11) is 0. The summed E-state index contributed by atoms with van der Waals surface area (Å²) in [6.07, 6.45) is 11.1. The Labute approximate surface area is 185 Å². The van der Waals surface area contributed by atoms with Crippen LogP contribution in [0.4, 0.5) is 11.4 Å². The molecular weight excluding hydrogens is 392 g/mol. The molecule has 2 saturated heterocycles. The van der Waals surface area contributed by atoms with E-state index in [1.165, 1.54) is 50.7 Å². The maximum Gasteiger partial charge on any atom is 0.270 e. The van der Waals surface area contributed by atoms with E-state index < -0.39 is 4.92 Å². The molecule has 2 heterocycles. The first-order chi connectivity index (χ1) is 15.1. The van der Waals surface area contributed by atoms with Crippen LogP contribution in [0.2, 0.25) is 0 Å². The predicted octanol–water partition coefficient (Wildman–Crippen LogP) is 4.31. The van der Waals surface area contributed by atoms with Crippen molar-refractivity contribution in [3.63, 3.8) is 0 Å². The van der Waals surface area contributed by atoms with Crippen LogP contribution in [0.5, 0.6) is 0 Å². The SMILES string of the molecule is O=C(c1cc([N+](=O)[O-])ccc1N1CCCCC1)N1CCCN(CC2CCCCC2)CC1. The molecule has 3 aliphatic rings. The van der Waals surface area contributed by atoms with E-state index in [4.69, 9.17) is 0 Å². The number of amides is 1. The summed E-state index contributed by atoms with van der Waals surface area (Å²) < 4.78 is 0. The Morgan fingerprint density at radius 1 is 0.903 bits per heavy atom. The molecule has 0 N–H and O–H groups in total. The number of hydrogen-bond acceptors (Lipinski definition) is 5. The highest BCUT2D eigenvalue weighted by Crippen LogP contribution is 2.30. The van der Waals surface area contributed by atoms with Crippen molar-refractivity contribution in [1.82, 2.24) is 9.80 Å². The van der Waals surface area contributed by atoms with Gasteiger partial charge in [0.15, 0.2) is 0 Å². The highest BCUT2D eigenvalue weighted by molar-refractivity contribution is 6.00. The van der Waals surface area contributed by atoms with Crippen molar-refractivity contribution >= 4 is 17.3 Å². The zero-order valence-electron chi connectivity index (χ0n) is 18.6. The number of carbonyl (C=O) groups excluding carboxylic acids is 1. The quantitative estimate of drug-likeness (QED) is 0.516. The van der Waals surface area contributed by atoms with Gasteiger partial charge in [0.25, 0.3) is 11.6 Å². The fraction of sp³-hybridized carbons (Fsp3) is 0.708. The maximum absolute atomic E-state index is 13.5. The van der Waals surface area contributed by atoms with Gasteiger partial charge in [-0.15, -0.1) is 0 Å². The number of nitro benzene ring substituents is 1. The molecule has 170 valence electrons. The molecule has 3 fully saturated rings. The minimum absolute atomic E-state index is 0.00198. The molecule has 2 aliphatic heterocycles. The molecule has 0 atom stereocenters. The zero-order chi connectivity index (χ0) is 21.6. The number of nitrogens with zero attached hydrogens (tertiary/aromatic N) is 4. The normalized spacial score (nSPS) is 21.7. The lowest BCUT2D eigenvalue weighted by Gasteiger charge is -2.31. The average molecular weight is 429 g/mol. The minimum Gasteiger partial charge on any atom is -0.371 e. The van der Waals surface area contributed by atoms with Crippen LogP contribution in [0, 0.1) is 16.0 Å². The molecule has 0 aromatic heterocycles. The first-order valence-corrected chi connectivity index (χ1v) is 12.2. The van der Waals surface area contributed by atoms with Crippen molar-refractivity contribution in [2.75, 3.05) is 50.7 Å². The number of non-ortho nitro benzene ring substituents is 1. The Morgan fingerprint density at radius 2 is 1.65 bits per heavy atom. The second kappa shape index (κ2) is 10.4. The smallest absolute Gasteiger partial charge is 0.270 e. The summed E-state index contributed by atoms with van der Waals surface area (Å²) in [5, 5.41) is 11.4. The monoisotopic (exact) mass is 428 g/mol. The molecule has 0 radical (unpaired) electrons. The van der Waals surface area contributed by atoms with Crippen LogP contribution in [0.3, 0.4) is 0 Å². The molecule has 0 bridgehead atoms. The summed E-state index contributed by atoms with van der Waals surface area (Å²) >= 11 is 0. The fourth-order valence-electron chi connectivity index (χ4n) is 5.48. The van der Waals surface area contributed by atoms with Crippen molar-refractivity contribution < 1.29 is 9.72 Å². The summed E-state index contributed by atoms with van der Waals surface area (Å²) in [5.41, 5.74) is 1.35. The Kier molecular flexibility index (Phi) is 7.43. The first-order valence-electron chi connectivity index (χ1n) is 12.2. The van der Waals surface area contributed by atoms with Crippen molar-refractivity contribution in [2.45, 2.75) is 57.8 Å². The second-order valence-electron chi connectivity index (χ2n) is 9.46. The molecule has 7 nitrogen and oxygen atoms in total. The van der Waals surface area contributed by atoms with Crippen molar-refractivity contribution in [2.24, 2.45) is 5.92 Å². The van der Waals surface area contributed by atoms with Crippen LogP contribution in [-0.2, 0) is 0 Å². The molecule has 0 unspecified atom stereocenters. The summed E-state index contributed by atoms with van der Waals surface area (Å²) in [5.74, 6) is 0.752. The lowest BCUT2D eigenvalue weighted by molar-refractivity contribution is -0.384. The molecule has 1 saturated carbocycles. The van der Waals surface area contributed by atoms with Crippen LogP contribution in [0.25, 0.3) is 0 Å². The van der Waals surface area contributed by atoms with Gasteiger partial charge in [-0.05, 0) is 57.1 Å². The molecule has 31 heavy (non-hydrogen) atoms.